The Bertz CT molecular complexity index is 1360. The van der Waals surface area contributed by atoms with Crippen LogP contribution in [0.4, 0.5) is 14.9 Å². The Morgan fingerprint density at radius 3 is 2.91 bits per heavy atom. The van der Waals surface area contributed by atoms with E-state index in [1.165, 1.54) is 36.3 Å². The fourth-order valence-electron chi connectivity index (χ4n) is 3.69. The fourth-order valence-corrected chi connectivity index (χ4v) is 4.69. The van der Waals surface area contributed by atoms with Gasteiger partial charge in [-0.3, -0.25) is 0 Å². The van der Waals surface area contributed by atoms with Gasteiger partial charge in [-0.05, 0) is 35.2 Å². The lowest BCUT2D eigenvalue weighted by Crippen LogP contribution is -2.21. The van der Waals surface area contributed by atoms with Crippen molar-refractivity contribution in [1.82, 2.24) is 14.8 Å². The first-order chi connectivity index (χ1) is 16.2. The molecule has 3 heterocycles. The number of carbonyl (C=O) groups is 1. The molecule has 3 N–H and O–H groups in total. The third kappa shape index (κ3) is 4.73. The highest BCUT2D eigenvalue weighted by atomic mass is 32.2. The van der Waals surface area contributed by atoms with E-state index in [1.54, 1.807) is 12.1 Å². The molecule has 180 valence electrons. The summed E-state index contributed by atoms with van der Waals surface area (Å²) in [6.07, 6.45) is 3.56. The highest BCUT2D eigenvalue weighted by molar-refractivity contribution is 7.91. The van der Waals surface area contributed by atoms with Gasteiger partial charge in [0.15, 0.2) is 9.92 Å². The van der Waals surface area contributed by atoms with Crippen LogP contribution in [0.1, 0.15) is 31.7 Å². The lowest BCUT2D eigenvalue weighted by Gasteiger charge is -2.18. The van der Waals surface area contributed by atoms with Crippen molar-refractivity contribution in [2.45, 2.75) is 37.6 Å². The number of amides is 2. The maximum atomic E-state index is 14.5. The number of benzene rings is 1. The van der Waals surface area contributed by atoms with Gasteiger partial charge in [0, 0.05) is 30.8 Å². The number of hydrogen-bond acceptors (Lipinski definition) is 6. The van der Waals surface area contributed by atoms with Gasteiger partial charge in [-0.15, -0.1) is 4.36 Å². The molecule has 2 aromatic heterocycles. The lowest BCUT2D eigenvalue weighted by atomic mass is 9.94. The molecule has 10 nitrogen and oxygen atoms in total. The third-order valence-electron chi connectivity index (χ3n) is 5.29. The number of anilines is 1. The zero-order chi connectivity index (χ0) is 24.5. The summed E-state index contributed by atoms with van der Waals surface area (Å²) in [5, 5.41) is 12.7. The minimum absolute atomic E-state index is 0.0460. The first-order valence-electron chi connectivity index (χ1n) is 10.6. The standard InChI is InChI=1S/C22H25FN6O4S/c1-13(2)16-10-15(23)11-17(14-5-6-25-19(9-14)32-3)20(16)27-22(30)28-34(24,31)18-12-26-29-7-4-8-33-21(18)29/h5-6,9-13H,4,7-8H2,1-3H3,(H3,24,27,28,30,31)/t34-/m1/s1. The number of nitrogens with two attached hydrogens (primary N) is 1. The summed E-state index contributed by atoms with van der Waals surface area (Å²) in [5.74, 6) is -0.0576. The van der Waals surface area contributed by atoms with Gasteiger partial charge in [0.25, 0.3) is 0 Å². The molecule has 0 saturated heterocycles. The van der Waals surface area contributed by atoms with E-state index in [2.05, 4.69) is 19.8 Å². The van der Waals surface area contributed by atoms with Crippen molar-refractivity contribution < 1.29 is 22.9 Å². The molecule has 0 bridgehead atoms. The second-order valence-electron chi connectivity index (χ2n) is 7.99. The largest absolute Gasteiger partial charge is 0.481 e. The first-order valence-corrected chi connectivity index (χ1v) is 12.2. The highest BCUT2D eigenvalue weighted by Gasteiger charge is 2.25. The van der Waals surface area contributed by atoms with Crippen LogP contribution >= 0.6 is 0 Å². The molecule has 12 heteroatoms. The summed E-state index contributed by atoms with van der Waals surface area (Å²) < 4.78 is 43.7. The Hall–Kier alpha value is -3.51. The van der Waals surface area contributed by atoms with Crippen molar-refractivity contribution in [1.29, 1.82) is 0 Å². The van der Waals surface area contributed by atoms with Gasteiger partial charge < -0.3 is 14.8 Å². The molecule has 34 heavy (non-hydrogen) atoms. The number of hydrogen-bond donors (Lipinski definition) is 2. The molecule has 1 aliphatic rings. The van der Waals surface area contributed by atoms with Crippen LogP contribution in [0.2, 0.25) is 0 Å². The maximum Gasteiger partial charge on any atom is 0.354 e. The van der Waals surface area contributed by atoms with E-state index in [0.717, 1.165) is 6.42 Å². The first kappa shape index (κ1) is 23.6. The minimum Gasteiger partial charge on any atom is -0.481 e. The zero-order valence-electron chi connectivity index (χ0n) is 18.9. The molecule has 0 saturated carbocycles. The summed E-state index contributed by atoms with van der Waals surface area (Å²) in [6, 6.07) is 4.96. The number of fused-ring (bicyclic) bond motifs is 1. The number of rotatable bonds is 5. The molecule has 0 spiro atoms. The number of aromatic nitrogens is 3. The number of halogens is 1. The maximum absolute atomic E-state index is 14.5. The third-order valence-corrected chi connectivity index (χ3v) is 6.64. The Balaban J connectivity index is 1.76. The van der Waals surface area contributed by atoms with Crippen molar-refractivity contribution in [2.75, 3.05) is 19.0 Å². The minimum atomic E-state index is -3.66. The van der Waals surface area contributed by atoms with Gasteiger partial charge in [0.1, 0.15) is 10.7 Å². The van der Waals surface area contributed by atoms with Gasteiger partial charge in [0.2, 0.25) is 11.8 Å². The van der Waals surface area contributed by atoms with Crippen LogP contribution in [-0.4, -0.2) is 38.7 Å². The molecule has 1 aliphatic heterocycles. The van der Waals surface area contributed by atoms with Crippen molar-refractivity contribution >= 4 is 21.6 Å². The molecule has 0 aliphatic carbocycles. The summed E-state index contributed by atoms with van der Waals surface area (Å²) in [5.41, 5.74) is 1.81. The number of aryl methyl sites for hydroxylation is 1. The number of urea groups is 1. The van der Waals surface area contributed by atoms with E-state index < -0.39 is 21.8 Å². The fraction of sp³-hybridized carbons (Fsp3) is 0.318. The number of ether oxygens (including phenoxy) is 2. The number of carbonyl (C=O) groups excluding carboxylic acids is 1. The van der Waals surface area contributed by atoms with E-state index in [1.807, 2.05) is 13.8 Å². The second-order valence-corrected chi connectivity index (χ2v) is 9.75. The van der Waals surface area contributed by atoms with Crippen molar-refractivity contribution in [3.63, 3.8) is 0 Å². The normalized spacial score (nSPS) is 14.6. The Kier molecular flexibility index (Phi) is 6.53. The lowest BCUT2D eigenvalue weighted by molar-refractivity contribution is 0.224. The zero-order valence-corrected chi connectivity index (χ0v) is 19.8. The Morgan fingerprint density at radius 1 is 1.38 bits per heavy atom. The van der Waals surface area contributed by atoms with Gasteiger partial charge in [0.05, 0.1) is 25.6 Å². The van der Waals surface area contributed by atoms with E-state index >= 15 is 0 Å². The van der Waals surface area contributed by atoms with Crippen LogP contribution < -0.4 is 19.9 Å². The molecule has 2 amide bonds. The van der Waals surface area contributed by atoms with Crippen LogP contribution in [0.5, 0.6) is 11.8 Å². The van der Waals surface area contributed by atoms with Crippen LogP contribution in [0.3, 0.4) is 0 Å². The monoisotopic (exact) mass is 488 g/mol. The summed E-state index contributed by atoms with van der Waals surface area (Å²) >= 11 is 0. The molecule has 4 rings (SSSR count). The molecule has 0 unspecified atom stereocenters. The number of pyridine rings is 1. The van der Waals surface area contributed by atoms with Crippen molar-refractivity contribution in [2.24, 2.45) is 9.50 Å². The summed E-state index contributed by atoms with van der Waals surface area (Å²) in [6.45, 7) is 4.73. The van der Waals surface area contributed by atoms with Crippen molar-refractivity contribution in [3.05, 3.63) is 48.0 Å². The van der Waals surface area contributed by atoms with Gasteiger partial charge in [-0.25, -0.2) is 28.2 Å². The van der Waals surface area contributed by atoms with Crippen molar-refractivity contribution in [3.8, 4) is 22.9 Å². The topological polar surface area (TPSA) is 134 Å². The highest BCUT2D eigenvalue weighted by Crippen LogP contribution is 2.37. The van der Waals surface area contributed by atoms with E-state index in [-0.39, 0.29) is 16.7 Å². The second kappa shape index (κ2) is 9.39. The average Bonchev–Trinajstić information content (AvgIpc) is 3.24. The number of methoxy groups -OCH3 is 1. The summed E-state index contributed by atoms with van der Waals surface area (Å²) in [4.78, 5) is 17.0. The molecule has 1 aromatic carbocycles. The quantitative estimate of drug-likeness (QED) is 0.559. The van der Waals surface area contributed by atoms with Crippen LogP contribution in [-0.2, 0) is 16.5 Å². The van der Waals surface area contributed by atoms with Gasteiger partial charge in [-0.1, -0.05) is 13.8 Å². The molecule has 0 radical (unpaired) electrons. The Morgan fingerprint density at radius 2 is 2.18 bits per heavy atom. The predicted molar refractivity (Wildman–Crippen MR) is 125 cm³/mol. The molecule has 3 aromatic rings. The Labute approximate surface area is 196 Å². The number of nitrogens with zero attached hydrogens (tertiary/aromatic N) is 4. The van der Waals surface area contributed by atoms with E-state index in [0.29, 0.717) is 41.4 Å². The van der Waals surface area contributed by atoms with Gasteiger partial charge in [-0.2, -0.15) is 5.10 Å². The molecule has 0 fully saturated rings. The SMILES string of the molecule is COc1cc(-c2cc(F)cc(C(C)C)c2NC(=O)N=[S@@](N)(=O)c2cnn3c2OCCC3)ccn1. The van der Waals surface area contributed by atoms with Crippen LogP contribution in [0.25, 0.3) is 11.1 Å². The predicted octanol–water partition coefficient (Wildman–Crippen LogP) is 3.93. The molecule has 1 atom stereocenters. The number of nitrogens with one attached hydrogen (secondary N) is 1. The summed E-state index contributed by atoms with van der Waals surface area (Å²) in [7, 11) is -2.19. The molecular formula is C22H25FN6O4S. The van der Waals surface area contributed by atoms with E-state index in [9.17, 15) is 13.4 Å². The van der Waals surface area contributed by atoms with Gasteiger partial charge >= 0.3 is 6.03 Å². The average molecular weight is 489 g/mol. The van der Waals surface area contributed by atoms with E-state index in [4.69, 9.17) is 14.6 Å². The van der Waals surface area contributed by atoms with Crippen LogP contribution in [0, 0.1) is 5.82 Å². The smallest absolute Gasteiger partial charge is 0.354 e. The van der Waals surface area contributed by atoms with Crippen LogP contribution in [0.15, 0.2) is 45.9 Å². The molecular weight excluding hydrogens is 463 g/mol.